The van der Waals surface area contributed by atoms with Crippen LogP contribution in [-0.2, 0) is 0 Å². The summed E-state index contributed by atoms with van der Waals surface area (Å²) in [6, 6.07) is 0.186. The van der Waals surface area contributed by atoms with Gasteiger partial charge in [-0.3, -0.25) is 5.43 Å². The van der Waals surface area contributed by atoms with Gasteiger partial charge in [0, 0.05) is 6.54 Å². The Labute approximate surface area is 112 Å². The Hall–Kier alpha value is -1.67. The predicted molar refractivity (Wildman–Crippen MR) is 72.8 cm³/mol. The number of rotatable bonds is 8. The number of anilines is 2. The molecule has 1 aromatic heterocycles. The first-order chi connectivity index (χ1) is 9.05. The molecule has 1 atom stereocenters. The number of ether oxygens (including phenoxy) is 1. The maximum atomic E-state index is 9.65. The third-order valence-corrected chi connectivity index (χ3v) is 2.20. The molecule has 0 aliphatic carbocycles. The second-order valence-electron chi connectivity index (χ2n) is 4.40. The number of aliphatic hydroxyl groups is 1. The molecular weight excluding hydrogens is 248 g/mol. The van der Waals surface area contributed by atoms with E-state index >= 15 is 0 Å². The lowest BCUT2D eigenvalue weighted by molar-refractivity contribution is 0.176. The summed E-state index contributed by atoms with van der Waals surface area (Å²) in [4.78, 5) is 12.1. The smallest absolute Gasteiger partial charge is 0.323 e. The molecule has 0 radical (unpaired) electrons. The van der Waals surface area contributed by atoms with E-state index in [1.807, 2.05) is 20.8 Å². The van der Waals surface area contributed by atoms with E-state index in [0.717, 1.165) is 12.8 Å². The topological polar surface area (TPSA) is 118 Å². The van der Waals surface area contributed by atoms with Gasteiger partial charge < -0.3 is 15.2 Å². The highest BCUT2D eigenvalue weighted by molar-refractivity contribution is 5.34. The lowest BCUT2D eigenvalue weighted by Gasteiger charge is -2.13. The van der Waals surface area contributed by atoms with Crippen LogP contribution in [0.4, 0.5) is 11.9 Å². The fraction of sp³-hybridized carbons (Fsp3) is 0.727. The molecule has 19 heavy (non-hydrogen) atoms. The Morgan fingerprint density at radius 2 is 1.95 bits per heavy atom. The number of hydrazine groups is 1. The van der Waals surface area contributed by atoms with Gasteiger partial charge >= 0.3 is 6.01 Å². The van der Waals surface area contributed by atoms with Gasteiger partial charge in [-0.2, -0.15) is 15.0 Å². The number of hydrogen-bond donors (Lipinski definition) is 4. The van der Waals surface area contributed by atoms with E-state index in [1.54, 1.807) is 0 Å². The summed E-state index contributed by atoms with van der Waals surface area (Å²) in [5.41, 5.74) is 2.35. The third-order valence-electron chi connectivity index (χ3n) is 2.20. The Bertz CT molecular complexity index is 387. The second kappa shape index (κ2) is 7.70. The molecule has 0 aliphatic heterocycles. The molecule has 8 heteroatoms. The SMILES string of the molecule is CCCC(O)CNc1nc(NN)nc(OC(C)C)n1. The van der Waals surface area contributed by atoms with Crippen molar-refractivity contribution in [2.24, 2.45) is 5.84 Å². The minimum atomic E-state index is -0.439. The molecule has 8 nitrogen and oxygen atoms in total. The number of aromatic nitrogens is 3. The van der Waals surface area contributed by atoms with E-state index in [0.29, 0.717) is 12.5 Å². The van der Waals surface area contributed by atoms with Crippen LogP contribution in [0.3, 0.4) is 0 Å². The summed E-state index contributed by atoms with van der Waals surface area (Å²) in [5, 5.41) is 12.6. The average Bonchev–Trinajstić information content (AvgIpc) is 2.35. The van der Waals surface area contributed by atoms with Crippen LogP contribution in [0.25, 0.3) is 0 Å². The first-order valence-electron chi connectivity index (χ1n) is 6.36. The van der Waals surface area contributed by atoms with Gasteiger partial charge in [-0.15, -0.1) is 0 Å². The van der Waals surface area contributed by atoms with Gasteiger partial charge in [0.1, 0.15) is 0 Å². The molecule has 108 valence electrons. The van der Waals surface area contributed by atoms with Gasteiger partial charge in [0.25, 0.3) is 0 Å². The molecule has 1 aromatic rings. The molecule has 0 spiro atoms. The van der Waals surface area contributed by atoms with Crippen molar-refractivity contribution in [2.45, 2.75) is 45.8 Å². The number of aliphatic hydroxyl groups excluding tert-OH is 1. The van der Waals surface area contributed by atoms with Crippen molar-refractivity contribution in [3.8, 4) is 6.01 Å². The van der Waals surface area contributed by atoms with Crippen LogP contribution in [0.1, 0.15) is 33.6 Å². The fourth-order valence-corrected chi connectivity index (χ4v) is 1.41. The normalized spacial score (nSPS) is 12.3. The van der Waals surface area contributed by atoms with E-state index in [-0.39, 0.29) is 18.1 Å². The van der Waals surface area contributed by atoms with Crippen molar-refractivity contribution in [2.75, 3.05) is 17.3 Å². The Kier molecular flexibility index (Phi) is 6.23. The highest BCUT2D eigenvalue weighted by Crippen LogP contribution is 2.12. The summed E-state index contributed by atoms with van der Waals surface area (Å²) in [6.07, 6.45) is 1.14. The third kappa shape index (κ3) is 5.66. The largest absolute Gasteiger partial charge is 0.461 e. The molecule has 0 fully saturated rings. The molecule has 1 unspecified atom stereocenters. The lowest BCUT2D eigenvalue weighted by Crippen LogP contribution is -2.22. The molecule has 0 bridgehead atoms. The zero-order valence-electron chi connectivity index (χ0n) is 11.6. The van der Waals surface area contributed by atoms with Crippen LogP contribution < -0.4 is 21.3 Å². The minimum Gasteiger partial charge on any atom is -0.461 e. The molecule has 0 saturated carbocycles. The Morgan fingerprint density at radius 3 is 2.53 bits per heavy atom. The van der Waals surface area contributed by atoms with Crippen LogP contribution in [0.5, 0.6) is 6.01 Å². The molecule has 5 N–H and O–H groups in total. The first kappa shape index (κ1) is 15.4. The van der Waals surface area contributed by atoms with E-state index in [1.165, 1.54) is 0 Å². The van der Waals surface area contributed by atoms with E-state index in [2.05, 4.69) is 25.7 Å². The minimum absolute atomic E-state index is 0.0495. The van der Waals surface area contributed by atoms with Crippen LogP contribution >= 0.6 is 0 Å². The number of hydrogen-bond acceptors (Lipinski definition) is 8. The maximum absolute atomic E-state index is 9.65. The average molecular weight is 270 g/mol. The molecule has 1 heterocycles. The van der Waals surface area contributed by atoms with E-state index < -0.39 is 6.10 Å². The van der Waals surface area contributed by atoms with Crippen LogP contribution in [0, 0.1) is 0 Å². The molecule has 1 rings (SSSR count). The van der Waals surface area contributed by atoms with Crippen LogP contribution in [0.2, 0.25) is 0 Å². The summed E-state index contributed by atoms with van der Waals surface area (Å²) in [5.74, 6) is 5.81. The van der Waals surface area contributed by atoms with Gasteiger partial charge in [-0.05, 0) is 20.3 Å². The van der Waals surface area contributed by atoms with E-state index in [4.69, 9.17) is 10.6 Å². The molecular formula is C11H22N6O2. The van der Waals surface area contributed by atoms with Crippen molar-refractivity contribution >= 4 is 11.9 Å². The van der Waals surface area contributed by atoms with Gasteiger partial charge in [0.15, 0.2) is 0 Å². The number of nitrogens with one attached hydrogen (secondary N) is 2. The van der Waals surface area contributed by atoms with Gasteiger partial charge in [0.2, 0.25) is 11.9 Å². The summed E-state index contributed by atoms with van der Waals surface area (Å²) < 4.78 is 5.39. The number of nitrogens with two attached hydrogens (primary N) is 1. The number of nitrogens with zero attached hydrogens (tertiary/aromatic N) is 3. The standard InChI is InChI=1S/C11H22N6O2/c1-4-5-8(18)6-13-9-14-10(17-12)16-11(15-9)19-7(2)3/h7-8,18H,4-6,12H2,1-3H3,(H2,13,14,15,16,17). The number of nitrogen functional groups attached to an aromatic ring is 1. The van der Waals surface area contributed by atoms with Crippen molar-refractivity contribution < 1.29 is 9.84 Å². The van der Waals surface area contributed by atoms with E-state index in [9.17, 15) is 5.11 Å². The highest BCUT2D eigenvalue weighted by atomic mass is 16.5. The molecule has 0 aliphatic rings. The van der Waals surface area contributed by atoms with Gasteiger partial charge in [0.05, 0.1) is 12.2 Å². The molecule has 0 amide bonds. The summed E-state index contributed by atoms with van der Waals surface area (Å²) in [7, 11) is 0. The lowest BCUT2D eigenvalue weighted by atomic mass is 10.2. The molecule has 0 saturated heterocycles. The fourth-order valence-electron chi connectivity index (χ4n) is 1.41. The highest BCUT2D eigenvalue weighted by Gasteiger charge is 2.09. The summed E-state index contributed by atoms with van der Waals surface area (Å²) in [6.45, 7) is 6.12. The van der Waals surface area contributed by atoms with Crippen molar-refractivity contribution in [3.63, 3.8) is 0 Å². The Morgan fingerprint density at radius 1 is 1.26 bits per heavy atom. The van der Waals surface area contributed by atoms with Gasteiger partial charge in [-0.25, -0.2) is 5.84 Å². The summed E-state index contributed by atoms with van der Waals surface area (Å²) >= 11 is 0. The van der Waals surface area contributed by atoms with Crippen molar-refractivity contribution in [1.82, 2.24) is 15.0 Å². The van der Waals surface area contributed by atoms with Crippen molar-refractivity contribution in [1.29, 1.82) is 0 Å². The van der Waals surface area contributed by atoms with Crippen molar-refractivity contribution in [3.05, 3.63) is 0 Å². The first-order valence-corrected chi connectivity index (χ1v) is 6.36. The zero-order chi connectivity index (χ0) is 14.3. The Balaban J connectivity index is 2.70. The maximum Gasteiger partial charge on any atom is 0.323 e. The van der Waals surface area contributed by atoms with Crippen LogP contribution in [-0.4, -0.2) is 38.8 Å². The molecule has 0 aromatic carbocycles. The zero-order valence-corrected chi connectivity index (χ0v) is 11.6. The monoisotopic (exact) mass is 270 g/mol. The van der Waals surface area contributed by atoms with Gasteiger partial charge in [-0.1, -0.05) is 13.3 Å². The second-order valence-corrected chi connectivity index (χ2v) is 4.40. The quantitative estimate of drug-likeness (QED) is 0.399. The van der Waals surface area contributed by atoms with Crippen LogP contribution in [0.15, 0.2) is 0 Å². The predicted octanol–water partition coefficient (Wildman–Crippen LogP) is 0.517.